The van der Waals surface area contributed by atoms with Crippen LogP contribution in [-0.2, 0) is 0 Å². The third-order valence-electron chi connectivity index (χ3n) is 3.75. The highest BCUT2D eigenvalue weighted by Crippen LogP contribution is 2.40. The predicted molar refractivity (Wildman–Crippen MR) is 92.5 cm³/mol. The second kappa shape index (κ2) is 5.54. The molecule has 0 bridgehead atoms. The molecule has 3 aromatic rings. The third-order valence-corrected chi connectivity index (χ3v) is 4.67. The molecule has 4 rings (SSSR count). The van der Waals surface area contributed by atoms with Gasteiger partial charge in [-0.3, -0.25) is 4.79 Å². The van der Waals surface area contributed by atoms with Gasteiger partial charge in [0.05, 0.1) is 0 Å². The maximum atomic E-state index is 12.4. The van der Waals surface area contributed by atoms with Crippen molar-refractivity contribution >= 4 is 23.2 Å². The number of hydrogen-bond donors (Lipinski definition) is 2. The Hall–Kier alpha value is -3.05. The Bertz CT molecular complexity index is 954. The molecule has 0 spiro atoms. The van der Waals surface area contributed by atoms with E-state index in [0.29, 0.717) is 0 Å². The zero-order valence-electron chi connectivity index (χ0n) is 12.4. The first-order valence-electron chi connectivity index (χ1n) is 7.26. The summed E-state index contributed by atoms with van der Waals surface area (Å²) in [4.78, 5) is 13.5. The van der Waals surface area contributed by atoms with Gasteiger partial charge in [-0.2, -0.15) is 0 Å². The number of aromatic hydroxyl groups is 2. The Labute approximate surface area is 141 Å². The number of ketones is 1. The van der Waals surface area contributed by atoms with Crippen LogP contribution in [0, 0.1) is 0 Å². The number of Topliss-reactive ketones (excluding diaryl/α,β-unsaturated/α-hetero) is 1. The lowest BCUT2D eigenvalue weighted by molar-refractivity contribution is 0.101. The SMILES string of the molecule is O=C1/C(=C/c2ccc(-c3cccs3)cc2)Oc2cc(O)cc(O)c21. The molecule has 0 atom stereocenters. The molecule has 118 valence electrons. The summed E-state index contributed by atoms with van der Waals surface area (Å²) in [6, 6.07) is 14.3. The van der Waals surface area contributed by atoms with Gasteiger partial charge in [-0.25, -0.2) is 0 Å². The molecular formula is C19H12O4S. The zero-order chi connectivity index (χ0) is 16.7. The fraction of sp³-hybridized carbons (Fsp3) is 0. The zero-order valence-corrected chi connectivity index (χ0v) is 13.2. The van der Waals surface area contributed by atoms with Crippen molar-refractivity contribution in [3.63, 3.8) is 0 Å². The van der Waals surface area contributed by atoms with E-state index in [1.54, 1.807) is 17.4 Å². The topological polar surface area (TPSA) is 66.8 Å². The summed E-state index contributed by atoms with van der Waals surface area (Å²) in [5.74, 6) is -0.550. The molecule has 0 fully saturated rings. The van der Waals surface area contributed by atoms with E-state index in [0.717, 1.165) is 17.2 Å². The van der Waals surface area contributed by atoms with Crippen LogP contribution in [0.15, 0.2) is 59.7 Å². The molecule has 1 aromatic heterocycles. The molecular weight excluding hydrogens is 324 g/mol. The summed E-state index contributed by atoms with van der Waals surface area (Å²) in [5, 5.41) is 21.3. The molecule has 0 saturated carbocycles. The molecule has 0 radical (unpaired) electrons. The van der Waals surface area contributed by atoms with Crippen molar-refractivity contribution in [3.05, 3.63) is 70.8 Å². The van der Waals surface area contributed by atoms with Crippen LogP contribution in [-0.4, -0.2) is 16.0 Å². The molecule has 0 amide bonds. The lowest BCUT2D eigenvalue weighted by Crippen LogP contribution is -1.98. The second-order valence-corrected chi connectivity index (χ2v) is 6.32. The summed E-state index contributed by atoms with van der Waals surface area (Å²) in [7, 11) is 0. The maximum absolute atomic E-state index is 12.4. The molecule has 2 N–H and O–H groups in total. The number of allylic oxidation sites excluding steroid dienone is 1. The molecule has 2 aromatic carbocycles. The van der Waals surface area contributed by atoms with E-state index in [4.69, 9.17) is 4.74 Å². The van der Waals surface area contributed by atoms with Crippen LogP contribution in [0.2, 0.25) is 0 Å². The summed E-state index contributed by atoms with van der Waals surface area (Å²) in [6.45, 7) is 0. The second-order valence-electron chi connectivity index (χ2n) is 5.38. The number of phenolic OH excluding ortho intramolecular Hbond substituents is 2. The highest BCUT2D eigenvalue weighted by Gasteiger charge is 2.31. The van der Waals surface area contributed by atoms with Crippen molar-refractivity contribution in [2.45, 2.75) is 0 Å². The first-order valence-corrected chi connectivity index (χ1v) is 8.14. The standard InChI is InChI=1S/C19H12O4S/c20-13-9-14(21)18-15(10-13)23-16(19(18)22)8-11-3-5-12(6-4-11)17-2-1-7-24-17/h1-10,20-21H/b16-8-. The van der Waals surface area contributed by atoms with Crippen molar-refractivity contribution < 1.29 is 19.7 Å². The number of ether oxygens (including phenoxy) is 1. The van der Waals surface area contributed by atoms with Gasteiger partial charge in [0, 0.05) is 17.0 Å². The van der Waals surface area contributed by atoms with E-state index >= 15 is 0 Å². The first-order chi connectivity index (χ1) is 11.6. The number of fused-ring (bicyclic) bond motifs is 1. The van der Waals surface area contributed by atoms with Gasteiger partial charge >= 0.3 is 0 Å². The molecule has 5 heteroatoms. The van der Waals surface area contributed by atoms with E-state index in [1.807, 2.05) is 41.8 Å². The fourth-order valence-electron chi connectivity index (χ4n) is 2.62. The van der Waals surface area contributed by atoms with Crippen molar-refractivity contribution in [2.24, 2.45) is 0 Å². The highest BCUT2D eigenvalue weighted by atomic mass is 32.1. The molecule has 2 heterocycles. The Morgan fingerprint density at radius 2 is 1.83 bits per heavy atom. The van der Waals surface area contributed by atoms with Gasteiger partial charge in [-0.1, -0.05) is 30.3 Å². The smallest absolute Gasteiger partial charge is 0.235 e. The molecule has 1 aliphatic rings. The van der Waals surface area contributed by atoms with Crippen LogP contribution < -0.4 is 4.74 Å². The lowest BCUT2D eigenvalue weighted by Gasteiger charge is -2.01. The minimum Gasteiger partial charge on any atom is -0.508 e. The predicted octanol–water partition coefficient (Wildman–Crippen LogP) is 4.44. The molecule has 1 aliphatic heterocycles. The normalized spacial score (nSPS) is 14.7. The Balaban J connectivity index is 1.65. The van der Waals surface area contributed by atoms with Crippen LogP contribution in [0.4, 0.5) is 0 Å². The Morgan fingerprint density at radius 3 is 2.54 bits per heavy atom. The average molecular weight is 336 g/mol. The van der Waals surface area contributed by atoms with Gasteiger partial charge in [0.1, 0.15) is 22.8 Å². The first kappa shape index (κ1) is 14.5. The van der Waals surface area contributed by atoms with E-state index in [9.17, 15) is 15.0 Å². The monoisotopic (exact) mass is 336 g/mol. The van der Waals surface area contributed by atoms with Crippen molar-refractivity contribution in [2.75, 3.05) is 0 Å². The third kappa shape index (κ3) is 2.45. The van der Waals surface area contributed by atoms with Crippen LogP contribution in [0.5, 0.6) is 17.2 Å². The molecule has 4 nitrogen and oxygen atoms in total. The number of carbonyl (C=O) groups is 1. The summed E-state index contributed by atoms with van der Waals surface area (Å²) in [5.41, 5.74) is 2.00. The average Bonchev–Trinajstić information content (AvgIpc) is 3.17. The van der Waals surface area contributed by atoms with Gasteiger partial charge in [0.15, 0.2) is 5.76 Å². The van der Waals surface area contributed by atoms with E-state index in [-0.39, 0.29) is 28.6 Å². The van der Waals surface area contributed by atoms with Gasteiger partial charge in [0.25, 0.3) is 0 Å². The lowest BCUT2D eigenvalue weighted by atomic mass is 10.1. The largest absolute Gasteiger partial charge is 0.508 e. The van der Waals surface area contributed by atoms with Crippen LogP contribution in [0.25, 0.3) is 16.5 Å². The van der Waals surface area contributed by atoms with Crippen molar-refractivity contribution in [1.29, 1.82) is 0 Å². The minimum absolute atomic E-state index is 0.0780. The maximum Gasteiger partial charge on any atom is 0.235 e. The van der Waals surface area contributed by atoms with Gasteiger partial charge in [0.2, 0.25) is 5.78 Å². The minimum atomic E-state index is -0.398. The van der Waals surface area contributed by atoms with Crippen molar-refractivity contribution in [3.8, 4) is 27.7 Å². The number of phenols is 2. The molecule has 0 unspecified atom stereocenters. The molecule has 0 saturated heterocycles. The fourth-order valence-corrected chi connectivity index (χ4v) is 3.35. The number of thiophene rings is 1. The number of hydrogen-bond acceptors (Lipinski definition) is 5. The Morgan fingerprint density at radius 1 is 1.04 bits per heavy atom. The highest BCUT2D eigenvalue weighted by molar-refractivity contribution is 7.13. The van der Waals surface area contributed by atoms with Crippen LogP contribution in [0.1, 0.15) is 15.9 Å². The number of rotatable bonds is 2. The van der Waals surface area contributed by atoms with Gasteiger partial charge < -0.3 is 14.9 Å². The van der Waals surface area contributed by atoms with E-state index in [2.05, 4.69) is 0 Å². The van der Waals surface area contributed by atoms with Gasteiger partial charge in [-0.05, 0) is 28.6 Å². The van der Waals surface area contributed by atoms with Crippen molar-refractivity contribution in [1.82, 2.24) is 0 Å². The van der Waals surface area contributed by atoms with Crippen LogP contribution in [0.3, 0.4) is 0 Å². The van der Waals surface area contributed by atoms with E-state index < -0.39 is 5.78 Å². The Kier molecular flexibility index (Phi) is 3.36. The van der Waals surface area contributed by atoms with Gasteiger partial charge in [-0.15, -0.1) is 11.3 Å². The number of benzene rings is 2. The number of carbonyl (C=O) groups excluding carboxylic acids is 1. The quantitative estimate of drug-likeness (QED) is 0.679. The molecule has 24 heavy (non-hydrogen) atoms. The summed E-state index contributed by atoms with van der Waals surface area (Å²) < 4.78 is 5.48. The summed E-state index contributed by atoms with van der Waals surface area (Å²) in [6.07, 6.45) is 1.62. The summed E-state index contributed by atoms with van der Waals surface area (Å²) >= 11 is 1.66. The van der Waals surface area contributed by atoms with E-state index in [1.165, 1.54) is 10.9 Å². The van der Waals surface area contributed by atoms with Crippen LogP contribution >= 0.6 is 11.3 Å². The molecule has 0 aliphatic carbocycles.